The van der Waals surface area contributed by atoms with Gasteiger partial charge in [-0.25, -0.2) is 14.2 Å². The minimum atomic E-state index is -1.10. The zero-order valence-corrected chi connectivity index (χ0v) is 10.2. The second-order valence-corrected chi connectivity index (χ2v) is 3.97. The molecule has 6 heteroatoms. The number of hydrogen-bond acceptors (Lipinski definition) is 4. The number of aromatic nitrogens is 1. The van der Waals surface area contributed by atoms with Gasteiger partial charge in [0.25, 0.3) is 0 Å². The van der Waals surface area contributed by atoms with Crippen molar-refractivity contribution in [2.75, 3.05) is 17.7 Å². The third-order valence-corrected chi connectivity index (χ3v) is 2.71. The van der Waals surface area contributed by atoms with Crippen LogP contribution in [0, 0.1) is 5.82 Å². The van der Waals surface area contributed by atoms with Crippen molar-refractivity contribution in [3.63, 3.8) is 0 Å². The van der Waals surface area contributed by atoms with E-state index >= 15 is 0 Å². The molecule has 1 aromatic heterocycles. The van der Waals surface area contributed by atoms with Crippen LogP contribution >= 0.6 is 0 Å². The van der Waals surface area contributed by atoms with Crippen LogP contribution in [0.25, 0.3) is 0 Å². The molecule has 3 N–H and O–H groups in total. The third-order valence-electron chi connectivity index (χ3n) is 2.71. The van der Waals surface area contributed by atoms with Crippen LogP contribution in [0.3, 0.4) is 0 Å². The van der Waals surface area contributed by atoms with Crippen molar-refractivity contribution in [1.29, 1.82) is 0 Å². The predicted octanol–water partition coefficient (Wildman–Crippen LogP) is 2.27. The van der Waals surface area contributed by atoms with Crippen LogP contribution in [0.15, 0.2) is 36.5 Å². The lowest BCUT2D eigenvalue weighted by atomic mass is 10.2. The number of aromatic carboxylic acids is 1. The highest BCUT2D eigenvalue weighted by atomic mass is 19.1. The predicted molar refractivity (Wildman–Crippen MR) is 70.1 cm³/mol. The van der Waals surface area contributed by atoms with Crippen LogP contribution in [-0.4, -0.2) is 23.1 Å². The normalized spacial score (nSPS) is 10.2. The van der Waals surface area contributed by atoms with E-state index in [1.807, 2.05) is 0 Å². The first kappa shape index (κ1) is 12.8. The Bertz CT molecular complexity index is 614. The second-order valence-electron chi connectivity index (χ2n) is 3.97. The molecule has 0 fully saturated rings. The number of nitrogens with zero attached hydrogens (tertiary/aromatic N) is 2. The average molecular weight is 261 g/mol. The van der Waals surface area contributed by atoms with Gasteiger partial charge in [0.1, 0.15) is 11.6 Å². The van der Waals surface area contributed by atoms with E-state index in [-0.39, 0.29) is 17.2 Å². The number of rotatable bonds is 3. The van der Waals surface area contributed by atoms with Crippen molar-refractivity contribution < 1.29 is 14.3 Å². The van der Waals surface area contributed by atoms with Gasteiger partial charge in [0.05, 0.1) is 17.4 Å². The first-order valence-corrected chi connectivity index (χ1v) is 5.47. The molecule has 2 rings (SSSR count). The molecule has 0 aliphatic carbocycles. The van der Waals surface area contributed by atoms with Crippen molar-refractivity contribution >= 4 is 23.2 Å². The van der Waals surface area contributed by atoms with Crippen molar-refractivity contribution in [3.05, 3.63) is 47.9 Å². The van der Waals surface area contributed by atoms with Gasteiger partial charge in [0.2, 0.25) is 0 Å². The van der Waals surface area contributed by atoms with E-state index in [9.17, 15) is 9.18 Å². The fourth-order valence-corrected chi connectivity index (χ4v) is 1.71. The molecule has 0 aliphatic heterocycles. The van der Waals surface area contributed by atoms with Crippen molar-refractivity contribution in [3.8, 4) is 0 Å². The molecule has 0 amide bonds. The Morgan fingerprint density at radius 3 is 2.58 bits per heavy atom. The minimum absolute atomic E-state index is 0.0410. The van der Waals surface area contributed by atoms with E-state index in [2.05, 4.69) is 4.98 Å². The topological polar surface area (TPSA) is 79.5 Å². The molecule has 0 bridgehead atoms. The maximum atomic E-state index is 12.9. The monoisotopic (exact) mass is 261 g/mol. The number of hydrogen-bond donors (Lipinski definition) is 2. The highest BCUT2D eigenvalue weighted by molar-refractivity contribution is 5.96. The third kappa shape index (κ3) is 2.62. The zero-order chi connectivity index (χ0) is 14.0. The summed E-state index contributed by atoms with van der Waals surface area (Å²) in [5.74, 6) is -1.32. The molecule has 0 saturated heterocycles. The maximum absolute atomic E-state index is 12.9. The number of halogens is 1. The summed E-state index contributed by atoms with van der Waals surface area (Å²) >= 11 is 0. The maximum Gasteiger partial charge on any atom is 0.338 e. The Balaban J connectivity index is 2.46. The van der Waals surface area contributed by atoms with Gasteiger partial charge in [-0.05, 0) is 30.3 Å². The van der Waals surface area contributed by atoms with Gasteiger partial charge in [0, 0.05) is 12.7 Å². The molecular formula is C13H12FN3O2. The lowest BCUT2D eigenvalue weighted by Crippen LogP contribution is -2.15. The highest BCUT2D eigenvalue weighted by Gasteiger charge is 2.15. The van der Waals surface area contributed by atoms with Crippen molar-refractivity contribution in [2.24, 2.45) is 0 Å². The van der Waals surface area contributed by atoms with Gasteiger partial charge in [-0.3, -0.25) is 0 Å². The van der Waals surface area contributed by atoms with E-state index in [4.69, 9.17) is 10.8 Å². The summed E-state index contributed by atoms with van der Waals surface area (Å²) in [7, 11) is 1.67. The van der Waals surface area contributed by atoms with Crippen LogP contribution in [0.1, 0.15) is 10.4 Å². The highest BCUT2D eigenvalue weighted by Crippen LogP contribution is 2.27. The second kappa shape index (κ2) is 4.93. The van der Waals surface area contributed by atoms with E-state index in [0.717, 1.165) is 0 Å². The summed E-state index contributed by atoms with van der Waals surface area (Å²) in [5.41, 5.74) is 6.55. The van der Waals surface area contributed by atoms with E-state index < -0.39 is 5.97 Å². The van der Waals surface area contributed by atoms with Gasteiger partial charge in [-0.2, -0.15) is 0 Å². The fourth-order valence-electron chi connectivity index (χ4n) is 1.71. The molecule has 0 spiro atoms. The van der Waals surface area contributed by atoms with Crippen molar-refractivity contribution in [1.82, 2.24) is 4.98 Å². The van der Waals surface area contributed by atoms with Crippen LogP contribution in [0.2, 0.25) is 0 Å². The number of benzene rings is 1. The first-order valence-electron chi connectivity index (χ1n) is 5.47. The SMILES string of the molecule is CN(c1ccc(F)cc1)c1cnc(N)cc1C(=O)O. The molecule has 0 atom stereocenters. The lowest BCUT2D eigenvalue weighted by Gasteiger charge is -2.21. The molecule has 0 aliphatic rings. The van der Waals surface area contributed by atoms with Crippen molar-refractivity contribution in [2.45, 2.75) is 0 Å². The van der Waals surface area contributed by atoms with Gasteiger partial charge >= 0.3 is 5.97 Å². The summed E-state index contributed by atoms with van der Waals surface area (Å²) in [6, 6.07) is 7.00. The molecule has 0 saturated carbocycles. The minimum Gasteiger partial charge on any atom is -0.478 e. The van der Waals surface area contributed by atoms with Gasteiger partial charge in [0.15, 0.2) is 0 Å². The Hall–Kier alpha value is -2.63. The summed E-state index contributed by atoms with van der Waals surface area (Å²) in [6.45, 7) is 0. The first-order chi connectivity index (χ1) is 8.99. The van der Waals surface area contributed by atoms with Gasteiger partial charge in [-0.1, -0.05) is 0 Å². The number of carbonyl (C=O) groups is 1. The lowest BCUT2D eigenvalue weighted by molar-refractivity contribution is 0.0697. The van der Waals surface area contributed by atoms with Crippen LogP contribution in [-0.2, 0) is 0 Å². The summed E-state index contributed by atoms with van der Waals surface area (Å²) in [5, 5.41) is 9.16. The standard InChI is InChI=1S/C13H12FN3O2/c1-17(9-4-2-8(14)3-5-9)11-7-16-12(15)6-10(11)13(18)19/h2-7H,1H3,(H2,15,16)(H,18,19). The van der Waals surface area contributed by atoms with Gasteiger partial charge < -0.3 is 15.7 Å². The molecular weight excluding hydrogens is 249 g/mol. The number of carboxylic acid groups (broad SMARTS) is 1. The van der Waals surface area contributed by atoms with E-state index in [0.29, 0.717) is 11.4 Å². The average Bonchev–Trinajstić information content (AvgIpc) is 2.38. The molecule has 1 aromatic carbocycles. The number of pyridine rings is 1. The van der Waals surface area contributed by atoms with Gasteiger partial charge in [-0.15, -0.1) is 0 Å². The molecule has 1 heterocycles. The summed E-state index contributed by atoms with van der Waals surface area (Å²) in [6.07, 6.45) is 1.38. The number of carboxylic acids is 1. The van der Waals surface area contributed by atoms with Crippen LogP contribution in [0.4, 0.5) is 21.6 Å². The van der Waals surface area contributed by atoms with Crippen LogP contribution < -0.4 is 10.6 Å². The fraction of sp³-hybridized carbons (Fsp3) is 0.0769. The number of nitrogen functional groups attached to an aromatic ring is 1. The number of anilines is 3. The number of nitrogens with two attached hydrogens (primary N) is 1. The molecule has 19 heavy (non-hydrogen) atoms. The Labute approximate surface area is 109 Å². The largest absolute Gasteiger partial charge is 0.478 e. The summed E-state index contributed by atoms with van der Waals surface area (Å²) in [4.78, 5) is 16.7. The molecule has 0 radical (unpaired) electrons. The smallest absolute Gasteiger partial charge is 0.338 e. The Morgan fingerprint density at radius 2 is 2.00 bits per heavy atom. The quantitative estimate of drug-likeness (QED) is 0.886. The summed E-state index contributed by atoms with van der Waals surface area (Å²) < 4.78 is 12.9. The molecule has 5 nitrogen and oxygen atoms in total. The molecule has 98 valence electrons. The Kier molecular flexibility index (Phi) is 3.33. The Morgan fingerprint density at radius 1 is 1.37 bits per heavy atom. The molecule has 2 aromatic rings. The van der Waals surface area contributed by atoms with Crippen LogP contribution in [0.5, 0.6) is 0 Å². The van der Waals surface area contributed by atoms with E-state index in [1.54, 1.807) is 24.1 Å². The zero-order valence-electron chi connectivity index (χ0n) is 10.2. The molecule has 0 unspecified atom stereocenters. The van der Waals surface area contributed by atoms with E-state index in [1.165, 1.54) is 24.4 Å².